The summed E-state index contributed by atoms with van der Waals surface area (Å²) in [5.74, 6) is 0. The molecule has 0 atom stereocenters. The summed E-state index contributed by atoms with van der Waals surface area (Å²) in [6, 6.07) is 0. The molecule has 5 heteroatoms. The first-order chi connectivity index (χ1) is 3.27. The molecule has 0 saturated heterocycles. The summed E-state index contributed by atoms with van der Waals surface area (Å²) in [6.07, 6.45) is 0. The van der Waals surface area contributed by atoms with Crippen LogP contribution in [0.2, 0.25) is 0 Å². The lowest BCUT2D eigenvalue weighted by molar-refractivity contribution is 1.02. The van der Waals surface area contributed by atoms with Crippen LogP contribution in [0.4, 0.5) is 0 Å². The number of thiocarbonyl (C=S) groups is 1. The highest BCUT2D eigenvalue weighted by molar-refractivity contribution is 7.80. The molecule has 0 aromatic heterocycles. The molecule has 0 aliphatic rings. The summed E-state index contributed by atoms with van der Waals surface area (Å²) in [5, 5.41) is 2.96. The third-order valence-electron chi connectivity index (χ3n) is 0.252. The van der Waals surface area contributed by atoms with Crippen molar-refractivity contribution in [2.24, 2.45) is 5.22 Å². The Morgan fingerprint density at radius 3 is 2.71 bits per heavy atom. The summed E-state index contributed by atoms with van der Waals surface area (Å²) in [7, 11) is 0. The lowest BCUT2D eigenvalue weighted by Gasteiger charge is -1.81. The maximum atomic E-state index is 7.65. The molecular formula is C2H4N4S. The average molecular weight is 116 g/mol. The zero-order valence-electron chi connectivity index (χ0n) is 3.75. The molecule has 7 heavy (non-hydrogen) atoms. The Balaban J connectivity index is 3.32. The fraction of sp³-hybridized carbons (Fsp3) is 0.500. The molecule has 0 aromatic carbocycles. The predicted molar refractivity (Wildman–Crippen MR) is 30.6 cm³/mol. The second-order valence-electron chi connectivity index (χ2n) is 0.857. The lowest BCUT2D eigenvalue weighted by atomic mass is 10.8. The number of hydrogen-bond donors (Lipinski definition) is 1. The summed E-state index contributed by atoms with van der Waals surface area (Å²) in [4.78, 5) is 2.87. The molecule has 0 bridgehead atoms. The van der Waals surface area contributed by atoms with E-state index in [-0.39, 0.29) is 0 Å². The Bertz CT molecular complexity index is 113. The van der Waals surface area contributed by atoms with Crippen LogP contribution >= 0.6 is 12.2 Å². The van der Waals surface area contributed by atoms with E-state index in [0.29, 0.717) is 4.99 Å². The largest absolute Gasteiger partial charge is 0.222 e. The van der Waals surface area contributed by atoms with Gasteiger partial charge in [0.2, 0.25) is 0 Å². The van der Waals surface area contributed by atoms with Crippen LogP contribution in [0.1, 0.15) is 6.92 Å². The molecule has 0 aromatic rings. The van der Waals surface area contributed by atoms with Gasteiger partial charge >= 0.3 is 0 Å². The molecule has 38 valence electrons. The van der Waals surface area contributed by atoms with Crippen molar-refractivity contribution in [1.82, 2.24) is 5.43 Å². The SMILES string of the molecule is CC(=S)NN=[N+]=[N-]. The van der Waals surface area contributed by atoms with E-state index in [1.165, 1.54) is 0 Å². The van der Waals surface area contributed by atoms with Gasteiger partial charge < -0.3 is 0 Å². The van der Waals surface area contributed by atoms with Gasteiger partial charge in [-0.1, -0.05) is 0 Å². The molecule has 0 heterocycles. The molecular weight excluding hydrogens is 112 g/mol. The normalized spacial score (nSPS) is 6.43. The zero-order chi connectivity index (χ0) is 5.70. The number of hydrogen-bond acceptors (Lipinski definition) is 2. The molecule has 4 nitrogen and oxygen atoms in total. The van der Waals surface area contributed by atoms with Gasteiger partial charge in [-0.05, 0) is 17.4 Å². The van der Waals surface area contributed by atoms with E-state index in [2.05, 4.69) is 27.8 Å². The van der Waals surface area contributed by atoms with Gasteiger partial charge in [-0.15, -0.1) is 5.53 Å². The number of nitrogens with one attached hydrogen (secondary N) is 1. The molecule has 0 spiro atoms. The van der Waals surface area contributed by atoms with Crippen molar-refractivity contribution < 1.29 is 0 Å². The highest BCUT2D eigenvalue weighted by Crippen LogP contribution is 1.65. The average Bonchev–Trinajstić information content (AvgIpc) is 1.61. The molecule has 0 amide bonds. The standard InChI is InChI=1S/C2H4N4S/c1-2(7)4-6-5-3/h1H3,(H,4,7). The van der Waals surface area contributed by atoms with E-state index in [0.717, 1.165) is 0 Å². The maximum absolute atomic E-state index is 7.65. The topological polar surface area (TPSA) is 60.8 Å². The van der Waals surface area contributed by atoms with Crippen LogP contribution in [0.3, 0.4) is 0 Å². The van der Waals surface area contributed by atoms with Gasteiger partial charge in [0.05, 0.1) is 0 Å². The fourth-order valence-corrected chi connectivity index (χ4v) is 0.134. The summed E-state index contributed by atoms with van der Waals surface area (Å²) in [5.41, 5.74) is 9.89. The Hall–Kier alpha value is -0.800. The van der Waals surface area contributed by atoms with Crippen LogP contribution in [0.5, 0.6) is 0 Å². The third-order valence-corrected chi connectivity index (χ3v) is 0.343. The van der Waals surface area contributed by atoms with Crippen LogP contribution in [0.15, 0.2) is 5.22 Å². The molecule has 0 aliphatic carbocycles. The van der Waals surface area contributed by atoms with Crippen molar-refractivity contribution in [3.05, 3.63) is 10.4 Å². The minimum atomic E-state index is 0.470. The number of azide groups is 1. The van der Waals surface area contributed by atoms with Gasteiger partial charge in [0, 0.05) is 6.92 Å². The van der Waals surface area contributed by atoms with Crippen molar-refractivity contribution in [3.63, 3.8) is 0 Å². The van der Waals surface area contributed by atoms with E-state index in [1.807, 2.05) is 0 Å². The predicted octanol–water partition coefficient (Wildman–Crippen LogP) is 1.15. The van der Waals surface area contributed by atoms with Gasteiger partial charge in [0.25, 0.3) is 0 Å². The Kier molecular flexibility index (Phi) is 3.00. The Morgan fingerprint density at radius 2 is 2.57 bits per heavy atom. The minimum absolute atomic E-state index is 0.470. The van der Waals surface area contributed by atoms with Gasteiger partial charge in [-0.3, -0.25) is 0 Å². The smallest absolute Gasteiger partial charge is 0.165 e. The highest BCUT2D eigenvalue weighted by Gasteiger charge is 1.77. The monoisotopic (exact) mass is 116 g/mol. The third kappa shape index (κ3) is 5.20. The van der Waals surface area contributed by atoms with Gasteiger partial charge in [-0.25, -0.2) is 5.43 Å². The van der Waals surface area contributed by atoms with E-state index in [9.17, 15) is 0 Å². The van der Waals surface area contributed by atoms with Crippen molar-refractivity contribution in [2.75, 3.05) is 0 Å². The molecule has 0 unspecified atom stereocenters. The summed E-state index contributed by atoms with van der Waals surface area (Å²) in [6.45, 7) is 1.63. The quantitative estimate of drug-likeness (QED) is 0.184. The highest BCUT2D eigenvalue weighted by atomic mass is 32.1. The summed E-state index contributed by atoms with van der Waals surface area (Å²) >= 11 is 4.48. The van der Waals surface area contributed by atoms with Crippen LogP contribution in [-0.4, -0.2) is 4.99 Å². The molecule has 0 saturated carbocycles. The maximum Gasteiger partial charge on any atom is 0.165 e. The first kappa shape index (κ1) is 6.20. The molecule has 0 fully saturated rings. The van der Waals surface area contributed by atoms with Crippen LogP contribution in [0.25, 0.3) is 10.4 Å². The van der Waals surface area contributed by atoms with Crippen molar-refractivity contribution in [2.45, 2.75) is 6.92 Å². The van der Waals surface area contributed by atoms with Crippen LogP contribution in [0, 0.1) is 0 Å². The van der Waals surface area contributed by atoms with E-state index in [4.69, 9.17) is 5.53 Å². The number of rotatable bonds is 1. The van der Waals surface area contributed by atoms with E-state index in [1.54, 1.807) is 6.92 Å². The van der Waals surface area contributed by atoms with Gasteiger partial charge in [0.1, 0.15) is 0 Å². The van der Waals surface area contributed by atoms with Gasteiger partial charge in [0.15, 0.2) is 4.99 Å². The Labute approximate surface area is 46.1 Å². The molecule has 0 rings (SSSR count). The number of nitrogens with zero attached hydrogens (tertiary/aromatic N) is 3. The lowest BCUT2D eigenvalue weighted by Crippen LogP contribution is -2.07. The zero-order valence-corrected chi connectivity index (χ0v) is 4.57. The second kappa shape index (κ2) is 3.39. The van der Waals surface area contributed by atoms with E-state index < -0.39 is 0 Å². The first-order valence-corrected chi connectivity index (χ1v) is 1.99. The second-order valence-corrected chi connectivity index (χ2v) is 1.47. The first-order valence-electron chi connectivity index (χ1n) is 1.58. The van der Waals surface area contributed by atoms with E-state index >= 15 is 0 Å². The minimum Gasteiger partial charge on any atom is -0.222 e. The van der Waals surface area contributed by atoms with Crippen molar-refractivity contribution >= 4 is 17.2 Å². The van der Waals surface area contributed by atoms with Crippen LogP contribution in [-0.2, 0) is 0 Å². The summed E-state index contributed by atoms with van der Waals surface area (Å²) < 4.78 is 0. The molecule has 0 aliphatic heterocycles. The fourth-order valence-electron chi connectivity index (χ4n) is 0.0928. The molecule has 1 N–H and O–H groups in total. The van der Waals surface area contributed by atoms with Crippen molar-refractivity contribution in [3.8, 4) is 0 Å². The Morgan fingerprint density at radius 1 is 2.00 bits per heavy atom. The van der Waals surface area contributed by atoms with Gasteiger partial charge in [-0.2, -0.15) is 4.91 Å². The molecule has 0 radical (unpaired) electrons. The van der Waals surface area contributed by atoms with Crippen LogP contribution < -0.4 is 5.43 Å². The van der Waals surface area contributed by atoms with Crippen molar-refractivity contribution in [1.29, 1.82) is 0 Å².